The van der Waals surface area contributed by atoms with Crippen molar-refractivity contribution >= 4 is 23.7 Å². The van der Waals surface area contributed by atoms with Gasteiger partial charge in [-0.05, 0) is 12.8 Å². The molecule has 1 aliphatic carbocycles. The van der Waals surface area contributed by atoms with E-state index >= 15 is 0 Å². The number of carbonyl (C=O) groups is 1. The van der Waals surface area contributed by atoms with Crippen molar-refractivity contribution in [3.63, 3.8) is 0 Å². The molecule has 1 amide bonds. The van der Waals surface area contributed by atoms with E-state index in [4.69, 9.17) is 10.2 Å². The zero-order chi connectivity index (χ0) is 12.3. The van der Waals surface area contributed by atoms with E-state index in [9.17, 15) is 4.79 Å². The molecule has 0 radical (unpaired) electrons. The molecular weight excluding hydrogens is 240 g/mol. The molecule has 1 aliphatic rings. The minimum absolute atomic E-state index is 0.138. The van der Waals surface area contributed by atoms with E-state index in [-0.39, 0.29) is 17.2 Å². The fraction of sp³-hybridized carbons (Fsp3) is 0.700. The van der Waals surface area contributed by atoms with Crippen molar-refractivity contribution in [3.05, 3.63) is 5.89 Å². The maximum absolute atomic E-state index is 11.5. The summed E-state index contributed by atoms with van der Waals surface area (Å²) in [6.07, 6.45) is 2.19. The summed E-state index contributed by atoms with van der Waals surface area (Å²) in [4.78, 5) is 11.5. The molecule has 1 fully saturated rings. The van der Waals surface area contributed by atoms with Gasteiger partial charge in [0.05, 0.1) is 5.75 Å². The summed E-state index contributed by atoms with van der Waals surface area (Å²) in [5.41, 5.74) is 5.46. The number of rotatable bonds is 6. The Morgan fingerprint density at radius 3 is 3.06 bits per heavy atom. The van der Waals surface area contributed by atoms with Crippen LogP contribution in [0, 0.1) is 0 Å². The Morgan fingerprint density at radius 2 is 2.41 bits per heavy atom. The van der Waals surface area contributed by atoms with Gasteiger partial charge in [0.25, 0.3) is 0 Å². The minimum atomic E-state index is -0.138. The molecule has 0 bridgehead atoms. The van der Waals surface area contributed by atoms with Crippen LogP contribution in [0.25, 0.3) is 0 Å². The molecule has 0 spiro atoms. The number of amides is 1. The van der Waals surface area contributed by atoms with Crippen molar-refractivity contribution in [1.29, 1.82) is 0 Å². The van der Waals surface area contributed by atoms with Crippen LogP contribution >= 0.6 is 11.8 Å². The smallest absolute Gasteiger partial charge is 0.322 e. The van der Waals surface area contributed by atoms with Gasteiger partial charge in [0.2, 0.25) is 11.8 Å². The van der Waals surface area contributed by atoms with Gasteiger partial charge in [0.15, 0.2) is 0 Å². The average Bonchev–Trinajstić information content (AvgIpc) is 3.08. The third kappa shape index (κ3) is 3.71. The van der Waals surface area contributed by atoms with Gasteiger partial charge in [0.1, 0.15) is 0 Å². The normalized spacial score (nSPS) is 16.8. The SMILES string of the molecule is CC(CN)SCC(=O)Nc1nnc(C2CC2)o1. The van der Waals surface area contributed by atoms with Crippen LogP contribution in [0.1, 0.15) is 31.6 Å². The van der Waals surface area contributed by atoms with Gasteiger partial charge in [-0.2, -0.15) is 0 Å². The standard InChI is InChI=1S/C10H16N4O2S/c1-6(4-11)17-5-8(15)12-10-14-13-9(16-10)7-2-3-7/h6-7H,2-5,11H2,1H3,(H,12,14,15). The molecule has 1 atom stereocenters. The van der Waals surface area contributed by atoms with Gasteiger partial charge in [-0.3, -0.25) is 10.1 Å². The van der Waals surface area contributed by atoms with E-state index in [1.807, 2.05) is 6.92 Å². The highest BCUT2D eigenvalue weighted by atomic mass is 32.2. The predicted octanol–water partition coefficient (Wildman–Crippen LogP) is 0.966. The first-order chi connectivity index (χ1) is 8.19. The van der Waals surface area contributed by atoms with Gasteiger partial charge in [0, 0.05) is 17.7 Å². The molecule has 0 aliphatic heterocycles. The van der Waals surface area contributed by atoms with Crippen LogP contribution < -0.4 is 11.1 Å². The van der Waals surface area contributed by atoms with E-state index in [0.717, 1.165) is 12.8 Å². The van der Waals surface area contributed by atoms with E-state index in [2.05, 4.69) is 15.5 Å². The second-order valence-corrected chi connectivity index (χ2v) is 5.55. The molecule has 1 unspecified atom stereocenters. The first-order valence-corrected chi connectivity index (χ1v) is 6.69. The lowest BCUT2D eigenvalue weighted by atomic mass is 10.4. The Labute approximate surface area is 104 Å². The summed E-state index contributed by atoms with van der Waals surface area (Å²) in [5, 5.41) is 10.5. The Hall–Kier alpha value is -1.08. The molecule has 3 N–H and O–H groups in total. The number of carbonyl (C=O) groups excluding carboxylic acids is 1. The Morgan fingerprint density at radius 1 is 1.65 bits per heavy atom. The average molecular weight is 256 g/mol. The summed E-state index contributed by atoms with van der Waals surface area (Å²) in [6.45, 7) is 2.54. The van der Waals surface area contributed by atoms with Crippen LogP contribution in [0.3, 0.4) is 0 Å². The van der Waals surface area contributed by atoms with Crippen molar-refractivity contribution < 1.29 is 9.21 Å². The lowest BCUT2D eigenvalue weighted by Gasteiger charge is -2.06. The van der Waals surface area contributed by atoms with Crippen LogP contribution in [-0.4, -0.2) is 33.7 Å². The van der Waals surface area contributed by atoms with Crippen molar-refractivity contribution in [2.45, 2.75) is 30.9 Å². The highest BCUT2D eigenvalue weighted by Gasteiger charge is 2.29. The molecule has 1 saturated carbocycles. The second-order valence-electron chi connectivity index (χ2n) is 4.13. The zero-order valence-corrected chi connectivity index (χ0v) is 10.5. The lowest BCUT2D eigenvalue weighted by Crippen LogP contribution is -2.19. The van der Waals surface area contributed by atoms with Crippen molar-refractivity contribution in [3.8, 4) is 0 Å². The summed E-state index contributed by atoms with van der Waals surface area (Å²) in [5.74, 6) is 1.24. The number of nitrogens with zero attached hydrogens (tertiary/aromatic N) is 2. The number of nitrogens with two attached hydrogens (primary N) is 1. The molecule has 0 saturated heterocycles. The van der Waals surface area contributed by atoms with Crippen LogP contribution in [-0.2, 0) is 4.79 Å². The molecule has 7 heteroatoms. The monoisotopic (exact) mass is 256 g/mol. The first-order valence-electron chi connectivity index (χ1n) is 5.64. The third-order valence-corrected chi connectivity index (χ3v) is 3.63. The molecule has 1 heterocycles. The quantitative estimate of drug-likeness (QED) is 0.787. The Kier molecular flexibility index (Phi) is 4.01. The van der Waals surface area contributed by atoms with E-state index in [1.54, 1.807) is 0 Å². The summed E-state index contributed by atoms with van der Waals surface area (Å²) in [6, 6.07) is 0.193. The first kappa shape index (κ1) is 12.4. The minimum Gasteiger partial charge on any atom is -0.408 e. The molecule has 1 aromatic heterocycles. The van der Waals surface area contributed by atoms with E-state index in [1.165, 1.54) is 11.8 Å². The highest BCUT2D eigenvalue weighted by molar-refractivity contribution is 8.00. The van der Waals surface area contributed by atoms with Gasteiger partial charge < -0.3 is 10.2 Å². The molecule has 6 nitrogen and oxygen atoms in total. The van der Waals surface area contributed by atoms with Gasteiger partial charge in [-0.1, -0.05) is 12.0 Å². The largest absolute Gasteiger partial charge is 0.408 e. The van der Waals surface area contributed by atoms with Crippen LogP contribution in [0.4, 0.5) is 6.01 Å². The molecule has 17 heavy (non-hydrogen) atoms. The molecule has 2 rings (SSSR count). The fourth-order valence-electron chi connectivity index (χ4n) is 1.22. The number of anilines is 1. The highest BCUT2D eigenvalue weighted by Crippen LogP contribution is 2.39. The van der Waals surface area contributed by atoms with Gasteiger partial charge in [-0.25, -0.2) is 0 Å². The van der Waals surface area contributed by atoms with Gasteiger partial charge in [-0.15, -0.1) is 16.9 Å². The van der Waals surface area contributed by atoms with Crippen LogP contribution in [0.15, 0.2) is 4.42 Å². The topological polar surface area (TPSA) is 94.0 Å². The Balaban J connectivity index is 1.76. The third-order valence-electron chi connectivity index (χ3n) is 2.44. The summed E-state index contributed by atoms with van der Waals surface area (Å²) >= 11 is 1.50. The lowest BCUT2D eigenvalue weighted by molar-refractivity contribution is -0.113. The van der Waals surface area contributed by atoms with Crippen molar-refractivity contribution in [2.75, 3.05) is 17.6 Å². The number of thioether (sulfide) groups is 1. The predicted molar refractivity (Wildman–Crippen MR) is 65.9 cm³/mol. The number of hydrogen-bond acceptors (Lipinski definition) is 6. The number of nitrogens with one attached hydrogen (secondary N) is 1. The van der Waals surface area contributed by atoms with E-state index < -0.39 is 0 Å². The Bertz CT molecular complexity index is 391. The zero-order valence-electron chi connectivity index (χ0n) is 9.68. The van der Waals surface area contributed by atoms with Crippen LogP contribution in [0.5, 0.6) is 0 Å². The molecule has 0 aromatic carbocycles. The fourth-order valence-corrected chi connectivity index (χ4v) is 1.87. The summed E-state index contributed by atoms with van der Waals surface area (Å²) in [7, 11) is 0. The summed E-state index contributed by atoms with van der Waals surface area (Å²) < 4.78 is 5.32. The van der Waals surface area contributed by atoms with E-state index in [0.29, 0.717) is 24.1 Å². The molecule has 1 aromatic rings. The second kappa shape index (κ2) is 5.50. The number of aromatic nitrogens is 2. The van der Waals surface area contributed by atoms with Crippen molar-refractivity contribution in [1.82, 2.24) is 10.2 Å². The molecule has 94 valence electrons. The maximum Gasteiger partial charge on any atom is 0.322 e. The van der Waals surface area contributed by atoms with Crippen LogP contribution in [0.2, 0.25) is 0 Å². The molecular formula is C10H16N4O2S. The number of hydrogen-bond donors (Lipinski definition) is 2. The van der Waals surface area contributed by atoms with Crippen molar-refractivity contribution in [2.24, 2.45) is 5.73 Å². The maximum atomic E-state index is 11.5. The van der Waals surface area contributed by atoms with Gasteiger partial charge >= 0.3 is 6.01 Å².